The van der Waals surface area contributed by atoms with Crippen LogP contribution < -0.4 is 20.9 Å². The number of rotatable bonds is 6. The van der Waals surface area contributed by atoms with Crippen molar-refractivity contribution in [3.05, 3.63) is 83.9 Å². The molecule has 12 heteroatoms. The van der Waals surface area contributed by atoms with Crippen molar-refractivity contribution in [2.45, 2.75) is 9.79 Å². The standard InChI is InChI=1S/C20H18N4O6S2/c21-31(27,28)17-9-5-15(6-10-17)23-19(25)13-1-2-14(4-3-13)20(26)24-16-7-11-18(12-8-16)32(22,29)30/h1-12H,(H,23,25)(H,24,26)(H2,21,27,28)(H2,22,29,30). The Hall–Kier alpha value is -3.58. The molecule has 0 aliphatic heterocycles. The van der Waals surface area contributed by atoms with Crippen molar-refractivity contribution >= 4 is 43.2 Å². The van der Waals surface area contributed by atoms with E-state index in [1.165, 1.54) is 72.8 Å². The third-order valence-electron chi connectivity index (χ3n) is 4.29. The number of carbonyl (C=O) groups is 2. The summed E-state index contributed by atoms with van der Waals surface area (Å²) in [5, 5.41) is 15.3. The molecule has 0 fully saturated rings. The third-order valence-corrected chi connectivity index (χ3v) is 6.15. The number of anilines is 2. The van der Waals surface area contributed by atoms with Gasteiger partial charge in [-0.1, -0.05) is 0 Å². The normalized spacial score (nSPS) is 11.6. The number of nitrogens with two attached hydrogens (primary N) is 2. The van der Waals surface area contributed by atoms with Gasteiger partial charge in [0, 0.05) is 22.5 Å². The van der Waals surface area contributed by atoms with Crippen LogP contribution in [-0.2, 0) is 20.0 Å². The monoisotopic (exact) mass is 474 g/mol. The van der Waals surface area contributed by atoms with E-state index in [0.717, 1.165) is 0 Å². The fourth-order valence-corrected chi connectivity index (χ4v) is 3.67. The SMILES string of the molecule is NS(=O)(=O)c1ccc(NC(=O)c2ccc(C(=O)Nc3ccc(S(N)(=O)=O)cc3)cc2)cc1. The highest BCUT2D eigenvalue weighted by atomic mass is 32.2. The zero-order valence-electron chi connectivity index (χ0n) is 16.3. The van der Waals surface area contributed by atoms with E-state index in [2.05, 4.69) is 10.6 Å². The number of sulfonamides is 2. The molecule has 3 rings (SSSR count). The third kappa shape index (κ3) is 5.76. The molecule has 3 aromatic carbocycles. The lowest BCUT2D eigenvalue weighted by Crippen LogP contribution is -2.15. The minimum absolute atomic E-state index is 0.0786. The number of amides is 2. The van der Waals surface area contributed by atoms with Crippen LogP contribution in [-0.4, -0.2) is 28.6 Å². The molecule has 10 nitrogen and oxygen atoms in total. The van der Waals surface area contributed by atoms with Gasteiger partial charge in [-0.25, -0.2) is 27.1 Å². The lowest BCUT2D eigenvalue weighted by Gasteiger charge is -2.08. The molecule has 0 aromatic heterocycles. The molecular formula is C20H18N4O6S2. The Morgan fingerprint density at radius 3 is 1.06 bits per heavy atom. The van der Waals surface area contributed by atoms with Gasteiger partial charge in [-0.05, 0) is 72.8 Å². The van der Waals surface area contributed by atoms with E-state index in [4.69, 9.17) is 10.3 Å². The van der Waals surface area contributed by atoms with Gasteiger partial charge in [0.2, 0.25) is 20.0 Å². The Kier molecular flexibility index (Phi) is 6.41. The maximum atomic E-state index is 12.4. The highest BCUT2D eigenvalue weighted by Gasteiger charge is 2.12. The van der Waals surface area contributed by atoms with E-state index in [1.54, 1.807) is 0 Å². The quantitative estimate of drug-likeness (QED) is 0.420. The second-order valence-corrected chi connectivity index (χ2v) is 9.75. The van der Waals surface area contributed by atoms with E-state index < -0.39 is 31.9 Å². The molecule has 0 radical (unpaired) electrons. The second-order valence-electron chi connectivity index (χ2n) is 6.62. The van der Waals surface area contributed by atoms with Crippen molar-refractivity contribution < 1.29 is 26.4 Å². The van der Waals surface area contributed by atoms with Crippen molar-refractivity contribution in [3.8, 4) is 0 Å². The molecule has 32 heavy (non-hydrogen) atoms. The molecular weight excluding hydrogens is 456 g/mol. The Balaban J connectivity index is 1.65. The molecule has 0 bridgehead atoms. The fourth-order valence-electron chi connectivity index (χ4n) is 2.64. The summed E-state index contributed by atoms with van der Waals surface area (Å²) in [5.74, 6) is -0.919. The minimum Gasteiger partial charge on any atom is -0.322 e. The number of benzene rings is 3. The first-order valence-electron chi connectivity index (χ1n) is 8.92. The predicted octanol–water partition coefficient (Wildman–Crippen LogP) is 1.49. The Bertz CT molecular complexity index is 1260. The molecule has 0 aliphatic carbocycles. The van der Waals surface area contributed by atoms with Crippen LogP contribution >= 0.6 is 0 Å². The average molecular weight is 475 g/mol. The van der Waals surface area contributed by atoms with Crippen LogP contribution in [0.1, 0.15) is 20.7 Å². The summed E-state index contributed by atoms with van der Waals surface area (Å²) in [4.78, 5) is 24.6. The summed E-state index contributed by atoms with van der Waals surface area (Å²) in [7, 11) is -7.65. The first kappa shape index (κ1) is 23.1. The van der Waals surface area contributed by atoms with E-state index in [0.29, 0.717) is 11.4 Å². The largest absolute Gasteiger partial charge is 0.322 e. The van der Waals surface area contributed by atoms with Gasteiger partial charge in [0.1, 0.15) is 0 Å². The van der Waals surface area contributed by atoms with Crippen LogP contribution in [0.5, 0.6) is 0 Å². The van der Waals surface area contributed by atoms with Crippen LogP contribution in [0.25, 0.3) is 0 Å². The molecule has 0 spiro atoms. The maximum Gasteiger partial charge on any atom is 0.255 e. The molecule has 0 unspecified atom stereocenters. The molecule has 0 aliphatic rings. The van der Waals surface area contributed by atoms with Gasteiger partial charge in [0.05, 0.1) is 9.79 Å². The van der Waals surface area contributed by atoms with Crippen molar-refractivity contribution in [3.63, 3.8) is 0 Å². The summed E-state index contributed by atoms with van der Waals surface area (Å²) < 4.78 is 45.1. The van der Waals surface area contributed by atoms with Gasteiger partial charge in [-0.15, -0.1) is 0 Å². The van der Waals surface area contributed by atoms with Gasteiger partial charge in [0.25, 0.3) is 11.8 Å². The molecule has 166 valence electrons. The summed E-state index contributed by atoms with van der Waals surface area (Å²) in [5.41, 5.74) is 1.28. The number of nitrogens with one attached hydrogen (secondary N) is 2. The van der Waals surface area contributed by atoms with Crippen LogP contribution in [0.3, 0.4) is 0 Å². The number of hydrogen-bond donors (Lipinski definition) is 4. The van der Waals surface area contributed by atoms with E-state index in [1.807, 2.05) is 0 Å². The van der Waals surface area contributed by atoms with E-state index in [-0.39, 0.29) is 20.9 Å². The summed E-state index contributed by atoms with van der Waals surface area (Å²) in [6, 6.07) is 16.5. The van der Waals surface area contributed by atoms with Crippen molar-refractivity contribution in [2.24, 2.45) is 10.3 Å². The molecule has 0 atom stereocenters. The lowest BCUT2D eigenvalue weighted by molar-refractivity contribution is 0.101. The van der Waals surface area contributed by atoms with Crippen molar-refractivity contribution in [1.82, 2.24) is 0 Å². The summed E-state index contributed by atoms with van der Waals surface area (Å²) in [6.45, 7) is 0. The number of carbonyl (C=O) groups excluding carboxylic acids is 2. The van der Waals surface area contributed by atoms with Gasteiger partial charge < -0.3 is 10.6 Å². The molecule has 0 saturated carbocycles. The van der Waals surface area contributed by atoms with Crippen LogP contribution in [0.15, 0.2) is 82.6 Å². The van der Waals surface area contributed by atoms with Crippen molar-refractivity contribution in [1.29, 1.82) is 0 Å². The smallest absolute Gasteiger partial charge is 0.255 e. The number of primary sulfonamides is 2. The topological polar surface area (TPSA) is 179 Å². The summed E-state index contributed by atoms with van der Waals surface area (Å²) in [6.07, 6.45) is 0. The van der Waals surface area contributed by atoms with Gasteiger partial charge in [0.15, 0.2) is 0 Å². The molecule has 6 N–H and O–H groups in total. The first-order valence-corrected chi connectivity index (χ1v) is 12.0. The number of hydrogen-bond acceptors (Lipinski definition) is 6. The molecule has 0 saturated heterocycles. The molecule has 2 amide bonds. The van der Waals surface area contributed by atoms with Crippen LogP contribution in [0.2, 0.25) is 0 Å². The minimum atomic E-state index is -3.83. The van der Waals surface area contributed by atoms with E-state index in [9.17, 15) is 26.4 Å². The average Bonchev–Trinajstić information content (AvgIpc) is 2.73. The Morgan fingerprint density at radius 2 is 0.812 bits per heavy atom. The Labute approximate surface area is 184 Å². The highest BCUT2D eigenvalue weighted by Crippen LogP contribution is 2.16. The van der Waals surface area contributed by atoms with Crippen molar-refractivity contribution in [2.75, 3.05) is 10.6 Å². The Morgan fingerprint density at radius 1 is 0.531 bits per heavy atom. The zero-order valence-corrected chi connectivity index (χ0v) is 18.0. The first-order chi connectivity index (χ1) is 14.9. The maximum absolute atomic E-state index is 12.4. The predicted molar refractivity (Wildman–Crippen MR) is 118 cm³/mol. The van der Waals surface area contributed by atoms with Gasteiger partial charge in [-0.3, -0.25) is 9.59 Å². The van der Waals surface area contributed by atoms with Crippen LogP contribution in [0.4, 0.5) is 11.4 Å². The second kappa shape index (κ2) is 8.88. The summed E-state index contributed by atoms with van der Waals surface area (Å²) >= 11 is 0. The van der Waals surface area contributed by atoms with Gasteiger partial charge >= 0.3 is 0 Å². The molecule has 3 aromatic rings. The van der Waals surface area contributed by atoms with Crippen LogP contribution in [0, 0.1) is 0 Å². The zero-order chi connectivity index (χ0) is 23.5. The lowest BCUT2D eigenvalue weighted by atomic mass is 10.1. The fraction of sp³-hybridized carbons (Fsp3) is 0. The molecule has 0 heterocycles. The highest BCUT2D eigenvalue weighted by molar-refractivity contribution is 7.89. The van der Waals surface area contributed by atoms with E-state index >= 15 is 0 Å². The van der Waals surface area contributed by atoms with Gasteiger partial charge in [-0.2, -0.15) is 0 Å².